The minimum Gasteiger partial charge on any atom is -0.481 e. The molecule has 1 aromatic carbocycles. The monoisotopic (exact) mass is 224 g/mol. The van der Waals surface area contributed by atoms with Crippen molar-refractivity contribution in [2.45, 2.75) is 18.9 Å². The van der Waals surface area contributed by atoms with E-state index in [1.807, 2.05) is 0 Å². The molecule has 0 radical (unpaired) electrons. The SMILES string of the molecule is O=C(O)C1CCOC(c2ccc(F)cc2)C1. The molecule has 1 aliphatic heterocycles. The molecule has 0 aromatic heterocycles. The minimum absolute atomic E-state index is 0.226. The highest BCUT2D eigenvalue weighted by Crippen LogP contribution is 2.31. The van der Waals surface area contributed by atoms with Crippen LogP contribution in [-0.4, -0.2) is 17.7 Å². The zero-order valence-corrected chi connectivity index (χ0v) is 8.73. The van der Waals surface area contributed by atoms with E-state index in [2.05, 4.69) is 0 Å². The Morgan fingerprint density at radius 2 is 2.06 bits per heavy atom. The average Bonchev–Trinajstić information content (AvgIpc) is 2.30. The van der Waals surface area contributed by atoms with Gasteiger partial charge in [-0.3, -0.25) is 4.79 Å². The summed E-state index contributed by atoms with van der Waals surface area (Å²) in [6.45, 7) is 0.443. The van der Waals surface area contributed by atoms with Gasteiger partial charge in [-0.25, -0.2) is 4.39 Å². The number of carboxylic acid groups (broad SMARTS) is 1. The summed E-state index contributed by atoms with van der Waals surface area (Å²) in [5.41, 5.74) is 0.840. The maximum Gasteiger partial charge on any atom is 0.306 e. The van der Waals surface area contributed by atoms with Gasteiger partial charge >= 0.3 is 5.97 Å². The summed E-state index contributed by atoms with van der Waals surface area (Å²) >= 11 is 0. The lowest BCUT2D eigenvalue weighted by atomic mass is 9.92. The highest BCUT2D eigenvalue weighted by Gasteiger charge is 2.28. The van der Waals surface area contributed by atoms with E-state index in [1.165, 1.54) is 12.1 Å². The van der Waals surface area contributed by atoms with Crippen LogP contribution in [0.2, 0.25) is 0 Å². The fraction of sp³-hybridized carbons (Fsp3) is 0.417. The second kappa shape index (κ2) is 4.61. The summed E-state index contributed by atoms with van der Waals surface area (Å²) in [7, 11) is 0. The molecule has 16 heavy (non-hydrogen) atoms. The lowest BCUT2D eigenvalue weighted by Crippen LogP contribution is -2.25. The Morgan fingerprint density at radius 1 is 1.38 bits per heavy atom. The van der Waals surface area contributed by atoms with E-state index in [1.54, 1.807) is 12.1 Å². The minimum atomic E-state index is -0.782. The molecule has 1 heterocycles. The van der Waals surface area contributed by atoms with Gasteiger partial charge in [0, 0.05) is 6.61 Å². The topological polar surface area (TPSA) is 46.5 Å². The van der Waals surface area contributed by atoms with Crippen LogP contribution in [0, 0.1) is 11.7 Å². The van der Waals surface area contributed by atoms with E-state index >= 15 is 0 Å². The van der Waals surface area contributed by atoms with Crippen molar-refractivity contribution in [3.63, 3.8) is 0 Å². The van der Waals surface area contributed by atoms with Crippen LogP contribution in [0.3, 0.4) is 0 Å². The van der Waals surface area contributed by atoms with Gasteiger partial charge in [0.15, 0.2) is 0 Å². The van der Waals surface area contributed by atoms with Crippen molar-refractivity contribution in [1.29, 1.82) is 0 Å². The van der Waals surface area contributed by atoms with Crippen LogP contribution in [0.25, 0.3) is 0 Å². The summed E-state index contributed by atoms with van der Waals surface area (Å²) in [4.78, 5) is 10.9. The van der Waals surface area contributed by atoms with E-state index in [-0.39, 0.29) is 17.8 Å². The van der Waals surface area contributed by atoms with Crippen LogP contribution in [0.1, 0.15) is 24.5 Å². The molecule has 0 saturated carbocycles. The maximum atomic E-state index is 12.7. The molecular formula is C12H13FO3. The Balaban J connectivity index is 2.09. The van der Waals surface area contributed by atoms with Gasteiger partial charge in [-0.2, -0.15) is 0 Å². The quantitative estimate of drug-likeness (QED) is 0.838. The van der Waals surface area contributed by atoms with E-state index < -0.39 is 5.97 Å². The number of hydrogen-bond acceptors (Lipinski definition) is 2. The third-order valence-corrected chi connectivity index (χ3v) is 2.87. The number of carbonyl (C=O) groups is 1. The fourth-order valence-electron chi connectivity index (χ4n) is 1.93. The first kappa shape index (κ1) is 11.1. The fourth-order valence-corrected chi connectivity index (χ4v) is 1.93. The molecule has 3 nitrogen and oxygen atoms in total. The Bertz CT molecular complexity index is 374. The largest absolute Gasteiger partial charge is 0.481 e. The van der Waals surface area contributed by atoms with Crippen LogP contribution in [0.5, 0.6) is 0 Å². The second-order valence-corrected chi connectivity index (χ2v) is 3.97. The van der Waals surface area contributed by atoms with Gasteiger partial charge in [-0.15, -0.1) is 0 Å². The molecule has 1 aromatic rings. The third kappa shape index (κ3) is 2.39. The first-order chi connectivity index (χ1) is 7.66. The molecule has 2 unspecified atom stereocenters. The zero-order chi connectivity index (χ0) is 11.5. The number of carboxylic acids is 1. The first-order valence-corrected chi connectivity index (χ1v) is 5.26. The first-order valence-electron chi connectivity index (χ1n) is 5.26. The van der Waals surface area contributed by atoms with E-state index in [4.69, 9.17) is 9.84 Å². The maximum absolute atomic E-state index is 12.7. The number of halogens is 1. The summed E-state index contributed by atoms with van der Waals surface area (Å²) in [6, 6.07) is 6.01. The van der Waals surface area contributed by atoms with Gasteiger partial charge < -0.3 is 9.84 Å². The normalized spacial score (nSPS) is 25.3. The number of benzene rings is 1. The molecule has 1 N–H and O–H groups in total. The highest BCUT2D eigenvalue weighted by molar-refractivity contribution is 5.70. The van der Waals surface area contributed by atoms with E-state index in [0.29, 0.717) is 19.4 Å². The summed E-state index contributed by atoms with van der Waals surface area (Å²) in [5.74, 6) is -1.44. The number of rotatable bonds is 2. The molecule has 0 bridgehead atoms. The predicted octanol–water partition coefficient (Wildman–Crippen LogP) is 2.38. The summed E-state index contributed by atoms with van der Waals surface area (Å²) in [6.07, 6.45) is 0.781. The number of aliphatic carboxylic acids is 1. The van der Waals surface area contributed by atoms with Crippen molar-refractivity contribution >= 4 is 5.97 Å². The Hall–Kier alpha value is -1.42. The zero-order valence-electron chi connectivity index (χ0n) is 8.73. The lowest BCUT2D eigenvalue weighted by molar-refractivity contribution is -0.147. The van der Waals surface area contributed by atoms with E-state index in [0.717, 1.165) is 5.56 Å². The van der Waals surface area contributed by atoms with Gasteiger partial charge in [0.25, 0.3) is 0 Å². The van der Waals surface area contributed by atoms with Crippen molar-refractivity contribution in [2.75, 3.05) is 6.61 Å². The van der Waals surface area contributed by atoms with Crippen LogP contribution in [0.4, 0.5) is 4.39 Å². The average molecular weight is 224 g/mol. The standard InChI is InChI=1S/C12H13FO3/c13-10-3-1-8(2-4-10)11-7-9(12(14)15)5-6-16-11/h1-4,9,11H,5-7H2,(H,14,15). The van der Waals surface area contributed by atoms with Crippen molar-refractivity contribution in [3.05, 3.63) is 35.6 Å². The summed E-state index contributed by atoms with van der Waals surface area (Å²) < 4.78 is 18.2. The Morgan fingerprint density at radius 3 is 2.69 bits per heavy atom. The van der Waals surface area contributed by atoms with Crippen molar-refractivity contribution in [2.24, 2.45) is 5.92 Å². The van der Waals surface area contributed by atoms with E-state index in [9.17, 15) is 9.18 Å². The predicted molar refractivity (Wildman–Crippen MR) is 55.5 cm³/mol. The van der Waals surface area contributed by atoms with Crippen LogP contribution >= 0.6 is 0 Å². The molecule has 0 aliphatic carbocycles. The van der Waals surface area contributed by atoms with Crippen molar-refractivity contribution in [3.8, 4) is 0 Å². The van der Waals surface area contributed by atoms with Crippen LogP contribution < -0.4 is 0 Å². The van der Waals surface area contributed by atoms with Gasteiger partial charge in [0.05, 0.1) is 12.0 Å². The van der Waals surface area contributed by atoms with Gasteiger partial charge in [0.1, 0.15) is 5.82 Å². The molecule has 86 valence electrons. The molecule has 2 rings (SSSR count). The van der Waals surface area contributed by atoms with Crippen LogP contribution in [0.15, 0.2) is 24.3 Å². The lowest BCUT2D eigenvalue weighted by Gasteiger charge is -2.27. The van der Waals surface area contributed by atoms with Crippen molar-refractivity contribution < 1.29 is 19.0 Å². The molecule has 2 atom stereocenters. The number of ether oxygens (including phenoxy) is 1. The molecule has 1 saturated heterocycles. The molecule has 0 amide bonds. The molecular weight excluding hydrogens is 211 g/mol. The third-order valence-electron chi connectivity index (χ3n) is 2.87. The molecule has 0 spiro atoms. The van der Waals surface area contributed by atoms with Gasteiger partial charge in [0.2, 0.25) is 0 Å². The summed E-state index contributed by atoms with van der Waals surface area (Å²) in [5, 5.41) is 8.93. The smallest absolute Gasteiger partial charge is 0.306 e. The van der Waals surface area contributed by atoms with Gasteiger partial charge in [-0.05, 0) is 30.5 Å². The Labute approximate surface area is 92.9 Å². The highest BCUT2D eigenvalue weighted by atomic mass is 19.1. The molecule has 1 aliphatic rings. The molecule has 4 heteroatoms. The van der Waals surface area contributed by atoms with Crippen molar-refractivity contribution in [1.82, 2.24) is 0 Å². The number of hydrogen-bond donors (Lipinski definition) is 1. The Kier molecular flexibility index (Phi) is 3.19. The van der Waals surface area contributed by atoms with Crippen LogP contribution in [-0.2, 0) is 9.53 Å². The second-order valence-electron chi connectivity index (χ2n) is 3.97. The molecule has 1 fully saturated rings. The van der Waals surface area contributed by atoms with Gasteiger partial charge in [-0.1, -0.05) is 12.1 Å².